The molecule has 31 heavy (non-hydrogen) atoms. The van der Waals surface area contributed by atoms with Gasteiger partial charge >= 0.3 is 0 Å². The van der Waals surface area contributed by atoms with E-state index in [9.17, 15) is 19.8 Å². The van der Waals surface area contributed by atoms with Crippen molar-refractivity contribution in [2.75, 3.05) is 18.4 Å². The van der Waals surface area contributed by atoms with E-state index in [1.807, 2.05) is 12.1 Å². The zero-order valence-electron chi connectivity index (χ0n) is 16.6. The summed E-state index contributed by atoms with van der Waals surface area (Å²) in [6.07, 6.45) is 1.37. The zero-order valence-corrected chi connectivity index (χ0v) is 19.0. The normalized spacial score (nSPS) is 15.3. The first-order valence-corrected chi connectivity index (χ1v) is 11.5. The number of halogens is 1. The summed E-state index contributed by atoms with van der Waals surface area (Å²) < 4.78 is 1.09. The SMILES string of the molecule is NC(=O)c1c(NC(=O)c2ccc(CN3CCC(O)CC3)cc2)sc2cc(O)c(Br)cc12. The predicted molar refractivity (Wildman–Crippen MR) is 125 cm³/mol. The van der Waals surface area contributed by atoms with Gasteiger partial charge in [-0.3, -0.25) is 14.5 Å². The third kappa shape index (κ3) is 4.74. The number of carbonyl (C=O) groups is 2. The van der Waals surface area contributed by atoms with Crippen molar-refractivity contribution in [1.82, 2.24) is 4.90 Å². The van der Waals surface area contributed by atoms with E-state index < -0.39 is 5.91 Å². The Kier molecular flexibility index (Phi) is 6.29. The number of aliphatic hydroxyl groups excluding tert-OH is 1. The maximum atomic E-state index is 12.8. The predicted octanol–water partition coefficient (Wildman–Crippen LogP) is 3.68. The van der Waals surface area contributed by atoms with E-state index in [4.69, 9.17) is 5.73 Å². The maximum Gasteiger partial charge on any atom is 0.256 e. The smallest absolute Gasteiger partial charge is 0.256 e. The van der Waals surface area contributed by atoms with Crippen molar-refractivity contribution in [1.29, 1.82) is 0 Å². The Hall–Kier alpha value is -2.46. The quantitative estimate of drug-likeness (QED) is 0.423. The second-order valence-corrected chi connectivity index (χ2v) is 9.54. The molecule has 2 aromatic carbocycles. The molecule has 1 saturated heterocycles. The number of amides is 2. The van der Waals surface area contributed by atoms with E-state index in [1.54, 1.807) is 18.2 Å². The molecule has 0 saturated carbocycles. The van der Waals surface area contributed by atoms with Gasteiger partial charge in [-0.25, -0.2) is 0 Å². The molecule has 0 aliphatic carbocycles. The van der Waals surface area contributed by atoms with Crippen LogP contribution in [0.15, 0.2) is 40.9 Å². The highest BCUT2D eigenvalue weighted by molar-refractivity contribution is 9.10. The number of primary amides is 1. The van der Waals surface area contributed by atoms with Crippen LogP contribution in [0.5, 0.6) is 5.75 Å². The molecule has 0 radical (unpaired) electrons. The van der Waals surface area contributed by atoms with Gasteiger partial charge in [-0.1, -0.05) is 12.1 Å². The summed E-state index contributed by atoms with van der Waals surface area (Å²) in [7, 11) is 0. The highest BCUT2D eigenvalue weighted by atomic mass is 79.9. The van der Waals surface area contributed by atoms with E-state index in [1.165, 1.54) is 17.4 Å². The van der Waals surface area contributed by atoms with E-state index in [2.05, 4.69) is 26.1 Å². The molecule has 7 nitrogen and oxygen atoms in total. The zero-order chi connectivity index (χ0) is 22.1. The lowest BCUT2D eigenvalue weighted by molar-refractivity contribution is 0.0792. The fraction of sp³-hybridized carbons (Fsp3) is 0.273. The number of anilines is 1. The number of rotatable bonds is 5. The molecule has 9 heteroatoms. The second-order valence-electron chi connectivity index (χ2n) is 7.63. The number of hydrogen-bond acceptors (Lipinski definition) is 6. The van der Waals surface area contributed by atoms with Crippen molar-refractivity contribution >= 4 is 54.2 Å². The van der Waals surface area contributed by atoms with Gasteiger partial charge in [0.05, 0.1) is 16.1 Å². The minimum absolute atomic E-state index is 0.0430. The molecule has 0 unspecified atom stereocenters. The van der Waals surface area contributed by atoms with Crippen molar-refractivity contribution in [3.63, 3.8) is 0 Å². The summed E-state index contributed by atoms with van der Waals surface area (Å²) in [5.74, 6) is -0.951. The summed E-state index contributed by atoms with van der Waals surface area (Å²) in [6, 6.07) is 10.5. The monoisotopic (exact) mass is 503 g/mol. The number of likely N-dealkylation sites (tertiary alicyclic amines) is 1. The first kappa shape index (κ1) is 21.8. The van der Waals surface area contributed by atoms with Gasteiger partial charge in [-0.2, -0.15) is 0 Å². The van der Waals surface area contributed by atoms with Crippen LogP contribution >= 0.6 is 27.3 Å². The Morgan fingerprint density at radius 2 is 1.87 bits per heavy atom. The van der Waals surface area contributed by atoms with Crippen LogP contribution in [-0.2, 0) is 6.54 Å². The summed E-state index contributed by atoms with van der Waals surface area (Å²) in [5, 5.41) is 23.2. The average molecular weight is 504 g/mol. The van der Waals surface area contributed by atoms with Crippen LogP contribution in [-0.4, -0.2) is 46.1 Å². The van der Waals surface area contributed by atoms with Gasteiger partial charge < -0.3 is 21.3 Å². The second kappa shape index (κ2) is 8.96. The van der Waals surface area contributed by atoms with Crippen molar-refractivity contribution < 1.29 is 19.8 Å². The number of phenols is 1. The molecule has 4 rings (SSSR count). The molecule has 0 bridgehead atoms. The van der Waals surface area contributed by atoms with Gasteiger partial charge in [0.25, 0.3) is 11.8 Å². The minimum atomic E-state index is -0.652. The molecule has 3 aromatic rings. The lowest BCUT2D eigenvalue weighted by atomic mass is 10.1. The number of fused-ring (bicyclic) bond motifs is 1. The molecule has 2 amide bonds. The van der Waals surface area contributed by atoms with Gasteiger partial charge in [0.1, 0.15) is 10.8 Å². The van der Waals surface area contributed by atoms with Crippen molar-refractivity contribution in [3.05, 3.63) is 57.6 Å². The number of piperidine rings is 1. The largest absolute Gasteiger partial charge is 0.507 e. The number of aliphatic hydroxyl groups is 1. The molecule has 2 heterocycles. The van der Waals surface area contributed by atoms with Crippen LogP contribution < -0.4 is 11.1 Å². The first-order chi connectivity index (χ1) is 14.8. The maximum absolute atomic E-state index is 12.8. The molecule has 0 atom stereocenters. The van der Waals surface area contributed by atoms with Crippen LogP contribution in [0, 0.1) is 0 Å². The molecule has 162 valence electrons. The fourth-order valence-corrected chi connectivity index (χ4v) is 5.17. The standard InChI is InChI=1S/C22H22BrN3O4S/c23-16-9-15-18(10-17(16)28)31-22(19(15)20(24)29)25-21(30)13-3-1-12(2-4-13)11-26-7-5-14(27)6-8-26/h1-4,9-10,14,27-28H,5-8,11H2,(H2,24,29)(H,25,30). The molecule has 1 aliphatic heterocycles. The molecular formula is C22H22BrN3O4S. The summed E-state index contributed by atoms with van der Waals surface area (Å²) >= 11 is 4.42. The third-order valence-corrected chi connectivity index (χ3v) is 7.11. The van der Waals surface area contributed by atoms with Crippen molar-refractivity contribution in [3.8, 4) is 5.75 Å². The van der Waals surface area contributed by atoms with E-state index >= 15 is 0 Å². The number of nitrogens with one attached hydrogen (secondary N) is 1. The van der Waals surface area contributed by atoms with Gasteiger partial charge in [-0.15, -0.1) is 11.3 Å². The van der Waals surface area contributed by atoms with Crippen molar-refractivity contribution in [2.45, 2.75) is 25.5 Å². The molecule has 1 fully saturated rings. The first-order valence-electron chi connectivity index (χ1n) is 9.87. The highest BCUT2D eigenvalue weighted by Crippen LogP contribution is 2.40. The molecule has 1 aliphatic rings. The van der Waals surface area contributed by atoms with Crippen LogP contribution in [0.1, 0.15) is 39.1 Å². The number of nitrogens with two attached hydrogens (primary N) is 1. The Morgan fingerprint density at radius 1 is 1.19 bits per heavy atom. The number of phenolic OH excluding ortho intramolecular Hbond substituents is 1. The van der Waals surface area contributed by atoms with E-state index in [0.717, 1.165) is 38.0 Å². The van der Waals surface area contributed by atoms with E-state index in [-0.39, 0.29) is 23.3 Å². The average Bonchev–Trinajstić information content (AvgIpc) is 3.07. The number of carbonyl (C=O) groups excluding carboxylic acids is 2. The van der Waals surface area contributed by atoms with Crippen LogP contribution in [0.4, 0.5) is 5.00 Å². The van der Waals surface area contributed by atoms with Crippen LogP contribution in [0.3, 0.4) is 0 Å². The summed E-state index contributed by atoms with van der Waals surface area (Å²) in [4.78, 5) is 27.1. The third-order valence-electron chi connectivity index (χ3n) is 5.41. The number of nitrogens with zero attached hydrogens (tertiary/aromatic N) is 1. The summed E-state index contributed by atoms with van der Waals surface area (Å²) in [6.45, 7) is 2.49. The topological polar surface area (TPSA) is 116 Å². The number of thiophene rings is 1. The lowest BCUT2D eigenvalue weighted by Crippen LogP contribution is -2.35. The molecule has 0 spiro atoms. The molecular weight excluding hydrogens is 482 g/mol. The number of benzene rings is 2. The molecule has 5 N–H and O–H groups in total. The van der Waals surface area contributed by atoms with E-state index in [0.29, 0.717) is 25.1 Å². The van der Waals surface area contributed by atoms with Crippen LogP contribution in [0.2, 0.25) is 0 Å². The Labute approximate surface area is 191 Å². The molecule has 1 aromatic heterocycles. The van der Waals surface area contributed by atoms with Crippen LogP contribution in [0.25, 0.3) is 10.1 Å². The highest BCUT2D eigenvalue weighted by Gasteiger charge is 2.21. The Balaban J connectivity index is 1.51. The Bertz CT molecular complexity index is 1140. The van der Waals surface area contributed by atoms with Gasteiger partial charge in [0.15, 0.2) is 0 Å². The number of hydrogen-bond donors (Lipinski definition) is 4. The summed E-state index contributed by atoms with van der Waals surface area (Å²) in [5.41, 5.74) is 7.34. The van der Waals surface area contributed by atoms with Gasteiger partial charge in [0, 0.05) is 35.3 Å². The Morgan fingerprint density at radius 3 is 2.52 bits per heavy atom. The fourth-order valence-electron chi connectivity index (χ4n) is 3.71. The lowest BCUT2D eigenvalue weighted by Gasteiger charge is -2.29. The minimum Gasteiger partial charge on any atom is -0.507 e. The van der Waals surface area contributed by atoms with Gasteiger partial charge in [0.2, 0.25) is 0 Å². The number of aromatic hydroxyl groups is 1. The van der Waals surface area contributed by atoms with Crippen molar-refractivity contribution in [2.24, 2.45) is 5.73 Å². The van der Waals surface area contributed by atoms with Gasteiger partial charge in [-0.05, 0) is 58.6 Å².